The van der Waals surface area contributed by atoms with Gasteiger partial charge in [-0.1, -0.05) is 25.1 Å². The van der Waals surface area contributed by atoms with Gasteiger partial charge in [-0.05, 0) is 24.0 Å². The molecule has 0 spiro atoms. The van der Waals surface area contributed by atoms with Gasteiger partial charge in [0.1, 0.15) is 0 Å². The van der Waals surface area contributed by atoms with E-state index in [4.69, 9.17) is 0 Å². The molecule has 0 N–H and O–H groups in total. The molecule has 0 saturated carbocycles. The molecule has 3 rings (SSSR count). The highest BCUT2D eigenvalue weighted by atomic mass is 16.2. The quantitative estimate of drug-likeness (QED) is 0.844. The highest BCUT2D eigenvalue weighted by Gasteiger charge is 2.34. The van der Waals surface area contributed by atoms with Gasteiger partial charge in [-0.25, -0.2) is 0 Å². The van der Waals surface area contributed by atoms with Crippen LogP contribution in [0.3, 0.4) is 0 Å². The Labute approximate surface area is 150 Å². The van der Waals surface area contributed by atoms with Crippen LogP contribution in [0.1, 0.15) is 31.4 Å². The number of carbonyl (C=O) groups excluding carboxylic acids is 1. The van der Waals surface area contributed by atoms with Crippen molar-refractivity contribution in [3.8, 4) is 6.07 Å². The minimum Gasteiger partial charge on any atom is -0.342 e. The van der Waals surface area contributed by atoms with Gasteiger partial charge in [-0.3, -0.25) is 14.6 Å². The van der Waals surface area contributed by atoms with Crippen molar-refractivity contribution in [3.05, 3.63) is 35.4 Å². The fourth-order valence-corrected chi connectivity index (χ4v) is 4.24. The molecule has 2 aliphatic rings. The number of nitriles is 1. The predicted molar refractivity (Wildman–Crippen MR) is 97.8 cm³/mol. The van der Waals surface area contributed by atoms with E-state index in [0.29, 0.717) is 12.0 Å². The van der Waals surface area contributed by atoms with Crippen LogP contribution >= 0.6 is 0 Å². The maximum Gasteiger partial charge on any atom is 0.219 e. The van der Waals surface area contributed by atoms with E-state index in [2.05, 4.69) is 28.9 Å². The first-order valence-electron chi connectivity index (χ1n) is 9.28. The fraction of sp³-hybridized carbons (Fsp3) is 0.600. The summed E-state index contributed by atoms with van der Waals surface area (Å²) in [5.41, 5.74) is 1.90. The topological polar surface area (TPSA) is 50.6 Å². The van der Waals surface area contributed by atoms with Crippen LogP contribution < -0.4 is 0 Å². The zero-order chi connectivity index (χ0) is 17.8. The summed E-state index contributed by atoms with van der Waals surface area (Å²) in [6.45, 7) is 10.7. The summed E-state index contributed by atoms with van der Waals surface area (Å²) in [5.74, 6) is 0.800. The van der Waals surface area contributed by atoms with Gasteiger partial charge in [-0.15, -0.1) is 0 Å². The summed E-state index contributed by atoms with van der Waals surface area (Å²) in [6.07, 6.45) is 1.06. The van der Waals surface area contributed by atoms with Gasteiger partial charge in [0.2, 0.25) is 5.91 Å². The maximum absolute atomic E-state index is 11.6. The third kappa shape index (κ3) is 4.20. The highest BCUT2D eigenvalue weighted by molar-refractivity contribution is 5.73. The summed E-state index contributed by atoms with van der Waals surface area (Å²) in [6, 6.07) is 10.7. The molecular weight excluding hydrogens is 312 g/mol. The average Bonchev–Trinajstić information content (AvgIpc) is 2.82. The van der Waals surface area contributed by atoms with Crippen molar-refractivity contribution >= 4 is 5.91 Å². The van der Waals surface area contributed by atoms with Crippen molar-refractivity contribution in [1.29, 1.82) is 5.26 Å². The van der Waals surface area contributed by atoms with E-state index in [-0.39, 0.29) is 5.91 Å². The molecule has 5 heteroatoms. The number of likely N-dealkylation sites (tertiary alicyclic amines) is 1. The van der Waals surface area contributed by atoms with Gasteiger partial charge < -0.3 is 4.90 Å². The molecule has 2 saturated heterocycles. The minimum atomic E-state index is 0.191. The Hall–Kier alpha value is -1.90. The third-order valence-corrected chi connectivity index (χ3v) is 5.62. The van der Waals surface area contributed by atoms with E-state index in [1.165, 1.54) is 0 Å². The van der Waals surface area contributed by atoms with E-state index in [0.717, 1.165) is 63.4 Å². The van der Waals surface area contributed by atoms with Crippen molar-refractivity contribution in [2.75, 3.05) is 39.3 Å². The molecule has 2 fully saturated rings. The fourth-order valence-electron chi connectivity index (χ4n) is 4.24. The van der Waals surface area contributed by atoms with E-state index in [9.17, 15) is 10.1 Å². The Morgan fingerprint density at radius 1 is 1.20 bits per heavy atom. The molecule has 134 valence electrons. The molecule has 5 nitrogen and oxygen atoms in total. The molecule has 2 heterocycles. The summed E-state index contributed by atoms with van der Waals surface area (Å²) < 4.78 is 0. The van der Waals surface area contributed by atoms with Crippen molar-refractivity contribution < 1.29 is 4.79 Å². The van der Waals surface area contributed by atoms with Crippen molar-refractivity contribution in [1.82, 2.24) is 14.7 Å². The predicted octanol–water partition coefficient (Wildman–Crippen LogP) is 1.93. The van der Waals surface area contributed by atoms with Gasteiger partial charge in [0.15, 0.2) is 0 Å². The van der Waals surface area contributed by atoms with E-state index in [1.54, 1.807) is 6.92 Å². The molecule has 0 radical (unpaired) electrons. The summed E-state index contributed by atoms with van der Waals surface area (Å²) in [7, 11) is 0. The number of hydrogen-bond acceptors (Lipinski definition) is 4. The molecule has 0 bridgehead atoms. The summed E-state index contributed by atoms with van der Waals surface area (Å²) >= 11 is 0. The lowest BCUT2D eigenvalue weighted by atomic mass is 10.0. The first-order valence-corrected chi connectivity index (χ1v) is 9.28. The lowest BCUT2D eigenvalue weighted by Gasteiger charge is -2.30. The van der Waals surface area contributed by atoms with Crippen LogP contribution in [0.2, 0.25) is 0 Å². The van der Waals surface area contributed by atoms with Crippen molar-refractivity contribution in [3.63, 3.8) is 0 Å². The zero-order valence-corrected chi connectivity index (χ0v) is 15.3. The number of carbonyl (C=O) groups is 1. The molecular formula is C20H28N4O. The number of rotatable bonds is 3. The second kappa shape index (κ2) is 7.99. The smallest absolute Gasteiger partial charge is 0.219 e. The second-order valence-corrected chi connectivity index (χ2v) is 7.40. The third-order valence-electron chi connectivity index (χ3n) is 5.62. The van der Waals surface area contributed by atoms with Gasteiger partial charge in [0.25, 0.3) is 0 Å². The first kappa shape index (κ1) is 17.9. The van der Waals surface area contributed by atoms with Crippen molar-refractivity contribution in [2.24, 2.45) is 5.92 Å². The number of nitrogens with zero attached hydrogens (tertiary/aromatic N) is 4. The molecule has 0 aromatic heterocycles. The van der Waals surface area contributed by atoms with E-state index in [1.807, 2.05) is 23.1 Å². The SMILES string of the molecule is CC(=O)N1CCCN([C@H]2CN(Cc3ccccc3C#N)C[C@H]2C)CC1. The maximum atomic E-state index is 11.6. The molecule has 25 heavy (non-hydrogen) atoms. The zero-order valence-electron chi connectivity index (χ0n) is 15.3. The Morgan fingerprint density at radius 2 is 2.00 bits per heavy atom. The molecule has 0 aliphatic carbocycles. The lowest BCUT2D eigenvalue weighted by Crippen LogP contribution is -2.42. The van der Waals surface area contributed by atoms with Crippen LogP contribution in [0.25, 0.3) is 0 Å². The standard InChI is InChI=1S/C20H28N4O/c1-16-13-22(14-19-7-4-3-6-18(19)12-21)15-20(16)24-9-5-8-23(10-11-24)17(2)25/h3-4,6-7,16,20H,5,8-11,13-15H2,1-2H3/t16-,20+/m1/s1. The van der Waals surface area contributed by atoms with Crippen LogP contribution in [0, 0.1) is 17.2 Å². The summed E-state index contributed by atoms with van der Waals surface area (Å²) in [5, 5.41) is 9.29. The first-order chi connectivity index (χ1) is 12.1. The Balaban J connectivity index is 1.61. The molecule has 0 unspecified atom stereocenters. The summed E-state index contributed by atoms with van der Waals surface area (Å²) in [4.78, 5) is 18.6. The van der Waals surface area contributed by atoms with Crippen LogP contribution in [-0.2, 0) is 11.3 Å². The number of hydrogen-bond donors (Lipinski definition) is 0. The second-order valence-electron chi connectivity index (χ2n) is 7.40. The monoisotopic (exact) mass is 340 g/mol. The highest BCUT2D eigenvalue weighted by Crippen LogP contribution is 2.25. The van der Waals surface area contributed by atoms with E-state index < -0.39 is 0 Å². The Morgan fingerprint density at radius 3 is 2.76 bits per heavy atom. The van der Waals surface area contributed by atoms with Gasteiger partial charge in [0.05, 0.1) is 11.6 Å². The molecule has 1 aromatic rings. The van der Waals surface area contributed by atoms with Crippen LogP contribution in [0.5, 0.6) is 0 Å². The van der Waals surface area contributed by atoms with Crippen LogP contribution in [-0.4, -0.2) is 65.9 Å². The van der Waals surface area contributed by atoms with Gasteiger partial charge in [-0.2, -0.15) is 5.26 Å². The van der Waals surface area contributed by atoms with Gasteiger partial charge in [0, 0.05) is 58.8 Å². The van der Waals surface area contributed by atoms with Crippen LogP contribution in [0.4, 0.5) is 0 Å². The molecule has 1 amide bonds. The van der Waals surface area contributed by atoms with Gasteiger partial charge >= 0.3 is 0 Å². The minimum absolute atomic E-state index is 0.191. The molecule has 1 aromatic carbocycles. The van der Waals surface area contributed by atoms with Crippen LogP contribution in [0.15, 0.2) is 24.3 Å². The van der Waals surface area contributed by atoms with Crippen molar-refractivity contribution in [2.45, 2.75) is 32.9 Å². The Kier molecular flexibility index (Phi) is 5.72. The largest absolute Gasteiger partial charge is 0.342 e. The van der Waals surface area contributed by atoms with E-state index >= 15 is 0 Å². The molecule has 2 aliphatic heterocycles. The average molecular weight is 340 g/mol. The lowest BCUT2D eigenvalue weighted by molar-refractivity contribution is -0.128. The normalized spacial score (nSPS) is 25.6. The Bertz CT molecular complexity index is 653. The number of benzene rings is 1. The number of amides is 1. The molecule has 2 atom stereocenters.